The van der Waals surface area contributed by atoms with E-state index in [-0.39, 0.29) is 6.04 Å². The molecule has 1 fully saturated rings. The fourth-order valence-corrected chi connectivity index (χ4v) is 3.15. The van der Waals surface area contributed by atoms with Gasteiger partial charge in [0, 0.05) is 12.6 Å². The van der Waals surface area contributed by atoms with Crippen LogP contribution in [0.3, 0.4) is 0 Å². The average molecular weight is 254 g/mol. The van der Waals surface area contributed by atoms with Crippen molar-refractivity contribution in [3.63, 3.8) is 0 Å². The Labute approximate surface area is 102 Å². The van der Waals surface area contributed by atoms with Crippen LogP contribution in [0.1, 0.15) is 30.0 Å². The number of hydrogen-bond acceptors (Lipinski definition) is 3. The Morgan fingerprint density at radius 3 is 2.53 bits per heavy atom. The van der Waals surface area contributed by atoms with Gasteiger partial charge in [-0.3, -0.25) is 0 Å². The number of sulfonamides is 1. The van der Waals surface area contributed by atoms with Crippen LogP contribution in [0, 0.1) is 6.92 Å². The van der Waals surface area contributed by atoms with Crippen LogP contribution in [-0.4, -0.2) is 20.2 Å². The van der Waals surface area contributed by atoms with Gasteiger partial charge in [-0.25, -0.2) is 13.6 Å². The smallest absolute Gasteiger partial charge is 0.213 e. The summed E-state index contributed by atoms with van der Waals surface area (Å²) in [5.74, 6) is 0. The van der Waals surface area contributed by atoms with E-state index in [1.807, 2.05) is 12.1 Å². The lowest BCUT2D eigenvalue weighted by Gasteiger charge is -2.29. The summed E-state index contributed by atoms with van der Waals surface area (Å²) in [6.07, 6.45) is 1.44. The lowest BCUT2D eigenvalue weighted by molar-refractivity contribution is 0.407. The number of aryl methyl sites for hydroxylation is 1. The predicted octanol–water partition coefficient (Wildman–Crippen LogP) is 1.08. The van der Waals surface area contributed by atoms with Crippen molar-refractivity contribution < 1.29 is 8.42 Å². The largest absolute Gasteiger partial charge is 0.309 e. The molecule has 1 saturated heterocycles. The zero-order valence-corrected chi connectivity index (χ0v) is 10.7. The molecule has 1 aromatic rings. The Hall–Kier alpha value is -0.910. The van der Waals surface area contributed by atoms with Gasteiger partial charge in [0.1, 0.15) is 0 Å². The lowest BCUT2D eigenvalue weighted by Crippen LogP contribution is -2.43. The summed E-state index contributed by atoms with van der Waals surface area (Å²) in [4.78, 5) is 0. The van der Waals surface area contributed by atoms with Crippen molar-refractivity contribution in [2.24, 2.45) is 5.14 Å². The van der Waals surface area contributed by atoms with Crippen molar-refractivity contribution in [3.05, 3.63) is 35.4 Å². The van der Waals surface area contributed by atoms with E-state index in [9.17, 15) is 8.42 Å². The molecule has 0 aliphatic carbocycles. The summed E-state index contributed by atoms with van der Waals surface area (Å²) in [5.41, 5.74) is 2.49. The Morgan fingerprint density at radius 2 is 2.00 bits per heavy atom. The van der Waals surface area contributed by atoms with Gasteiger partial charge >= 0.3 is 0 Å². The van der Waals surface area contributed by atoms with Crippen molar-refractivity contribution in [2.75, 3.05) is 6.54 Å². The minimum absolute atomic E-state index is 0.245. The van der Waals surface area contributed by atoms with Gasteiger partial charge in [-0.05, 0) is 30.9 Å². The molecule has 0 bridgehead atoms. The summed E-state index contributed by atoms with van der Waals surface area (Å²) < 4.78 is 22.5. The number of piperidine rings is 1. The van der Waals surface area contributed by atoms with E-state index >= 15 is 0 Å². The lowest BCUT2D eigenvalue weighted by atomic mass is 9.94. The molecule has 2 rings (SSSR count). The highest BCUT2D eigenvalue weighted by molar-refractivity contribution is 7.89. The molecule has 1 heterocycles. The van der Waals surface area contributed by atoms with Crippen molar-refractivity contribution in [1.82, 2.24) is 5.32 Å². The Kier molecular flexibility index (Phi) is 3.51. The summed E-state index contributed by atoms with van der Waals surface area (Å²) in [7, 11) is -3.40. The number of benzene rings is 1. The van der Waals surface area contributed by atoms with E-state index in [1.165, 1.54) is 11.1 Å². The second kappa shape index (κ2) is 4.76. The summed E-state index contributed by atoms with van der Waals surface area (Å²) in [6.45, 7) is 2.51. The van der Waals surface area contributed by atoms with Crippen LogP contribution in [0.4, 0.5) is 0 Å². The third-order valence-corrected chi connectivity index (χ3v) is 4.73. The number of primary sulfonamides is 1. The maximum Gasteiger partial charge on any atom is 0.213 e. The van der Waals surface area contributed by atoms with Gasteiger partial charge in [0.2, 0.25) is 10.0 Å². The molecule has 5 heteroatoms. The SMILES string of the molecule is Cc1ccccc1C1CCC(S(N)(=O)=O)CN1. The van der Waals surface area contributed by atoms with E-state index < -0.39 is 15.3 Å². The Balaban J connectivity index is 2.08. The topological polar surface area (TPSA) is 72.2 Å². The number of nitrogens with one attached hydrogen (secondary N) is 1. The van der Waals surface area contributed by atoms with Crippen LogP contribution in [-0.2, 0) is 10.0 Å². The fraction of sp³-hybridized carbons (Fsp3) is 0.500. The van der Waals surface area contributed by atoms with Crippen LogP contribution >= 0.6 is 0 Å². The molecule has 1 aliphatic rings. The summed E-state index contributed by atoms with van der Waals surface area (Å²) in [5, 5.41) is 7.99. The van der Waals surface area contributed by atoms with Gasteiger partial charge in [0.15, 0.2) is 0 Å². The molecular weight excluding hydrogens is 236 g/mol. The monoisotopic (exact) mass is 254 g/mol. The van der Waals surface area contributed by atoms with Crippen molar-refractivity contribution in [1.29, 1.82) is 0 Å². The molecule has 2 atom stereocenters. The van der Waals surface area contributed by atoms with Crippen LogP contribution in [0.2, 0.25) is 0 Å². The minimum atomic E-state index is -3.40. The van der Waals surface area contributed by atoms with E-state index in [2.05, 4.69) is 24.4 Å². The van der Waals surface area contributed by atoms with Crippen LogP contribution in [0.15, 0.2) is 24.3 Å². The van der Waals surface area contributed by atoms with Crippen molar-refractivity contribution >= 4 is 10.0 Å². The van der Waals surface area contributed by atoms with Crippen molar-refractivity contribution in [3.8, 4) is 0 Å². The molecule has 0 spiro atoms. The first-order valence-electron chi connectivity index (χ1n) is 5.79. The summed E-state index contributed by atoms with van der Waals surface area (Å²) in [6, 6.07) is 8.42. The second-order valence-corrected chi connectivity index (χ2v) is 6.45. The van der Waals surface area contributed by atoms with Crippen LogP contribution < -0.4 is 10.5 Å². The third kappa shape index (κ3) is 2.86. The molecule has 1 aromatic carbocycles. The molecule has 0 saturated carbocycles. The number of hydrogen-bond donors (Lipinski definition) is 2. The first-order chi connectivity index (χ1) is 7.98. The highest BCUT2D eigenvalue weighted by Gasteiger charge is 2.28. The van der Waals surface area contributed by atoms with Gasteiger partial charge in [-0.2, -0.15) is 0 Å². The number of nitrogens with two attached hydrogens (primary N) is 1. The molecule has 0 aromatic heterocycles. The maximum absolute atomic E-state index is 11.2. The first-order valence-corrected chi connectivity index (χ1v) is 7.40. The Morgan fingerprint density at radius 1 is 1.29 bits per heavy atom. The second-order valence-electron chi connectivity index (χ2n) is 4.61. The maximum atomic E-state index is 11.2. The normalized spacial score (nSPS) is 25.8. The van der Waals surface area contributed by atoms with Gasteiger partial charge in [0.25, 0.3) is 0 Å². The van der Waals surface area contributed by atoms with Crippen LogP contribution in [0.25, 0.3) is 0 Å². The molecule has 3 N–H and O–H groups in total. The van der Waals surface area contributed by atoms with E-state index in [0.717, 1.165) is 6.42 Å². The summed E-state index contributed by atoms with van der Waals surface area (Å²) >= 11 is 0. The molecule has 2 unspecified atom stereocenters. The van der Waals surface area contributed by atoms with E-state index in [1.54, 1.807) is 0 Å². The van der Waals surface area contributed by atoms with E-state index in [4.69, 9.17) is 5.14 Å². The average Bonchev–Trinajstić information content (AvgIpc) is 2.29. The van der Waals surface area contributed by atoms with Crippen molar-refractivity contribution in [2.45, 2.75) is 31.1 Å². The third-order valence-electron chi connectivity index (χ3n) is 3.40. The minimum Gasteiger partial charge on any atom is -0.309 e. The zero-order chi connectivity index (χ0) is 12.5. The molecule has 94 valence electrons. The highest BCUT2D eigenvalue weighted by atomic mass is 32.2. The molecule has 0 radical (unpaired) electrons. The van der Waals surface area contributed by atoms with Crippen LogP contribution in [0.5, 0.6) is 0 Å². The molecule has 0 amide bonds. The Bertz CT molecular complexity index is 491. The quantitative estimate of drug-likeness (QED) is 0.829. The van der Waals surface area contributed by atoms with Gasteiger partial charge in [-0.1, -0.05) is 24.3 Å². The molecule has 4 nitrogen and oxygen atoms in total. The molecular formula is C12H18N2O2S. The van der Waals surface area contributed by atoms with Gasteiger partial charge in [0.05, 0.1) is 5.25 Å². The molecule has 1 aliphatic heterocycles. The van der Waals surface area contributed by atoms with Gasteiger partial charge in [-0.15, -0.1) is 0 Å². The zero-order valence-electron chi connectivity index (χ0n) is 9.89. The number of rotatable bonds is 2. The van der Waals surface area contributed by atoms with Gasteiger partial charge < -0.3 is 5.32 Å². The first kappa shape index (κ1) is 12.5. The molecule has 17 heavy (non-hydrogen) atoms. The highest BCUT2D eigenvalue weighted by Crippen LogP contribution is 2.26. The predicted molar refractivity (Wildman–Crippen MR) is 68.1 cm³/mol. The standard InChI is InChI=1S/C12H18N2O2S/c1-9-4-2-3-5-11(9)12-7-6-10(8-14-12)17(13,15)16/h2-5,10,12,14H,6-8H2,1H3,(H2,13,15,16). The van der Waals surface area contributed by atoms with E-state index in [0.29, 0.717) is 13.0 Å². The fourth-order valence-electron chi connectivity index (χ4n) is 2.35.